The second-order valence-corrected chi connectivity index (χ2v) is 5.71. The lowest BCUT2D eigenvalue weighted by atomic mass is 10.1. The van der Waals surface area contributed by atoms with Gasteiger partial charge in [0.25, 0.3) is 0 Å². The van der Waals surface area contributed by atoms with Gasteiger partial charge in [-0.1, -0.05) is 5.16 Å². The molecule has 0 fully saturated rings. The SMILES string of the molecule is Cc1noc(C)c1CC(=O)Nc1cc(C(F)(F)F)ccc1-n1cccn1. The molecule has 1 N–H and O–H groups in total. The molecule has 0 radical (unpaired) electrons. The van der Waals surface area contributed by atoms with Crippen molar-refractivity contribution in [2.75, 3.05) is 5.32 Å². The molecule has 6 nitrogen and oxygen atoms in total. The summed E-state index contributed by atoms with van der Waals surface area (Å²) in [7, 11) is 0. The summed E-state index contributed by atoms with van der Waals surface area (Å²) in [6, 6.07) is 4.73. The van der Waals surface area contributed by atoms with Gasteiger partial charge in [-0.05, 0) is 38.1 Å². The van der Waals surface area contributed by atoms with Crippen LogP contribution in [0.1, 0.15) is 22.6 Å². The lowest BCUT2D eigenvalue weighted by molar-refractivity contribution is -0.137. The van der Waals surface area contributed by atoms with E-state index in [-0.39, 0.29) is 12.1 Å². The Morgan fingerprint density at radius 3 is 2.65 bits per heavy atom. The quantitative estimate of drug-likeness (QED) is 0.767. The zero-order valence-corrected chi connectivity index (χ0v) is 14.0. The molecular formula is C17H15F3N4O2. The maximum absolute atomic E-state index is 13.0. The van der Waals surface area contributed by atoms with Crippen LogP contribution in [0.5, 0.6) is 0 Å². The van der Waals surface area contributed by atoms with E-state index in [0.717, 1.165) is 12.1 Å². The number of hydrogen-bond acceptors (Lipinski definition) is 4. The van der Waals surface area contributed by atoms with Crippen LogP contribution in [0.25, 0.3) is 5.69 Å². The molecule has 136 valence electrons. The number of halogens is 3. The standard InChI is InChI=1S/C17H15F3N4O2/c1-10-13(11(2)26-23-10)9-16(25)22-14-8-12(17(18,19)20)4-5-15(14)24-7-3-6-21-24/h3-8H,9H2,1-2H3,(H,22,25). The molecule has 3 aromatic rings. The lowest BCUT2D eigenvalue weighted by Crippen LogP contribution is -2.18. The Hall–Kier alpha value is -3.10. The fourth-order valence-electron chi connectivity index (χ4n) is 2.53. The highest BCUT2D eigenvalue weighted by Crippen LogP contribution is 2.33. The summed E-state index contributed by atoms with van der Waals surface area (Å²) < 4.78 is 45.5. The van der Waals surface area contributed by atoms with E-state index in [1.807, 2.05) is 0 Å². The van der Waals surface area contributed by atoms with Crippen LogP contribution in [0.3, 0.4) is 0 Å². The van der Waals surface area contributed by atoms with E-state index in [2.05, 4.69) is 15.6 Å². The van der Waals surface area contributed by atoms with E-state index >= 15 is 0 Å². The second-order valence-electron chi connectivity index (χ2n) is 5.71. The highest BCUT2D eigenvalue weighted by atomic mass is 19.4. The van der Waals surface area contributed by atoms with Crippen LogP contribution in [-0.4, -0.2) is 20.8 Å². The molecule has 9 heteroatoms. The summed E-state index contributed by atoms with van der Waals surface area (Å²) in [6.45, 7) is 3.36. The number of benzene rings is 1. The zero-order valence-electron chi connectivity index (χ0n) is 14.0. The topological polar surface area (TPSA) is 73.0 Å². The molecule has 0 aliphatic carbocycles. The molecule has 2 aromatic heterocycles. The van der Waals surface area contributed by atoms with E-state index < -0.39 is 17.6 Å². The highest BCUT2D eigenvalue weighted by Gasteiger charge is 2.31. The molecule has 1 aromatic carbocycles. The minimum Gasteiger partial charge on any atom is -0.361 e. The number of carbonyl (C=O) groups excluding carboxylic acids is 1. The van der Waals surface area contributed by atoms with Crippen LogP contribution in [0.2, 0.25) is 0 Å². The number of hydrogen-bond donors (Lipinski definition) is 1. The van der Waals surface area contributed by atoms with Gasteiger partial charge in [0.1, 0.15) is 5.76 Å². The van der Waals surface area contributed by atoms with Crippen molar-refractivity contribution in [3.8, 4) is 5.69 Å². The van der Waals surface area contributed by atoms with E-state index in [1.54, 1.807) is 26.1 Å². The molecule has 1 amide bonds. The molecule has 3 rings (SSSR count). The van der Waals surface area contributed by atoms with Crippen molar-refractivity contribution >= 4 is 11.6 Å². The first-order valence-electron chi connectivity index (χ1n) is 7.68. The zero-order chi connectivity index (χ0) is 18.9. The van der Waals surface area contributed by atoms with Crippen LogP contribution in [0, 0.1) is 13.8 Å². The van der Waals surface area contributed by atoms with Crippen LogP contribution >= 0.6 is 0 Å². The predicted octanol–water partition coefficient (Wildman–Crippen LogP) is 3.68. The second kappa shape index (κ2) is 6.66. The van der Waals surface area contributed by atoms with Gasteiger partial charge in [0.2, 0.25) is 5.91 Å². The Morgan fingerprint density at radius 2 is 2.08 bits per heavy atom. The molecule has 0 unspecified atom stereocenters. The van der Waals surface area contributed by atoms with E-state index in [4.69, 9.17) is 4.52 Å². The largest absolute Gasteiger partial charge is 0.416 e. The third-order valence-corrected chi connectivity index (χ3v) is 3.87. The van der Waals surface area contributed by atoms with Crippen molar-refractivity contribution in [3.63, 3.8) is 0 Å². The monoisotopic (exact) mass is 364 g/mol. The molecule has 2 heterocycles. The number of amides is 1. The summed E-state index contributed by atoms with van der Waals surface area (Å²) in [5, 5.41) is 10.3. The van der Waals surface area contributed by atoms with Crippen molar-refractivity contribution < 1.29 is 22.5 Å². The molecule has 0 saturated carbocycles. The van der Waals surface area contributed by atoms with Crippen molar-refractivity contribution in [2.24, 2.45) is 0 Å². The van der Waals surface area contributed by atoms with Gasteiger partial charge in [0.15, 0.2) is 0 Å². The average Bonchev–Trinajstić information content (AvgIpc) is 3.20. The molecule has 26 heavy (non-hydrogen) atoms. The minimum atomic E-state index is -4.52. The number of alkyl halides is 3. The Labute approximate surface area is 146 Å². The highest BCUT2D eigenvalue weighted by molar-refractivity contribution is 5.94. The Kier molecular flexibility index (Phi) is 4.54. The fourth-order valence-corrected chi connectivity index (χ4v) is 2.53. The number of carbonyl (C=O) groups is 1. The average molecular weight is 364 g/mol. The van der Waals surface area contributed by atoms with E-state index in [1.165, 1.54) is 16.9 Å². The van der Waals surface area contributed by atoms with Crippen molar-refractivity contribution in [3.05, 3.63) is 59.2 Å². The molecule has 0 bridgehead atoms. The summed E-state index contributed by atoms with van der Waals surface area (Å²) >= 11 is 0. The minimum absolute atomic E-state index is 0.0142. The third kappa shape index (κ3) is 3.61. The molecule has 0 aliphatic rings. The summed E-state index contributed by atoms with van der Waals surface area (Å²) in [6.07, 6.45) is -1.51. The first-order chi connectivity index (χ1) is 12.3. The lowest BCUT2D eigenvalue weighted by Gasteiger charge is -2.14. The van der Waals surface area contributed by atoms with Gasteiger partial charge >= 0.3 is 6.18 Å². The smallest absolute Gasteiger partial charge is 0.361 e. The molecule has 0 atom stereocenters. The van der Waals surface area contributed by atoms with Gasteiger partial charge in [-0.3, -0.25) is 4.79 Å². The Morgan fingerprint density at radius 1 is 1.31 bits per heavy atom. The van der Waals surface area contributed by atoms with Crippen molar-refractivity contribution in [1.29, 1.82) is 0 Å². The van der Waals surface area contributed by atoms with Crippen LogP contribution < -0.4 is 5.32 Å². The summed E-state index contributed by atoms with van der Waals surface area (Å²) in [4.78, 5) is 12.4. The van der Waals surface area contributed by atoms with Gasteiger partial charge in [-0.25, -0.2) is 4.68 Å². The van der Waals surface area contributed by atoms with E-state index in [9.17, 15) is 18.0 Å². The number of rotatable bonds is 4. The number of aromatic nitrogens is 3. The maximum atomic E-state index is 13.0. The number of nitrogens with zero attached hydrogens (tertiary/aromatic N) is 3. The van der Waals surface area contributed by atoms with Gasteiger partial charge in [0.05, 0.1) is 29.1 Å². The number of aryl methyl sites for hydroxylation is 2. The predicted molar refractivity (Wildman–Crippen MR) is 86.9 cm³/mol. The fraction of sp³-hybridized carbons (Fsp3) is 0.235. The van der Waals surface area contributed by atoms with E-state index in [0.29, 0.717) is 22.7 Å². The number of nitrogens with one attached hydrogen (secondary N) is 1. The molecule has 0 saturated heterocycles. The first-order valence-corrected chi connectivity index (χ1v) is 7.68. The van der Waals surface area contributed by atoms with Crippen LogP contribution in [-0.2, 0) is 17.4 Å². The third-order valence-electron chi connectivity index (χ3n) is 3.87. The normalized spacial score (nSPS) is 11.6. The first kappa shape index (κ1) is 17.7. The van der Waals surface area contributed by atoms with Gasteiger partial charge < -0.3 is 9.84 Å². The van der Waals surface area contributed by atoms with Crippen molar-refractivity contribution in [1.82, 2.24) is 14.9 Å². The molecular weight excluding hydrogens is 349 g/mol. The maximum Gasteiger partial charge on any atom is 0.416 e. The van der Waals surface area contributed by atoms with Crippen molar-refractivity contribution in [2.45, 2.75) is 26.4 Å². The molecule has 0 aliphatic heterocycles. The summed E-state index contributed by atoms with van der Waals surface area (Å²) in [5.74, 6) is 0.0149. The van der Waals surface area contributed by atoms with Crippen LogP contribution in [0.4, 0.5) is 18.9 Å². The van der Waals surface area contributed by atoms with Gasteiger partial charge in [-0.2, -0.15) is 18.3 Å². The number of anilines is 1. The van der Waals surface area contributed by atoms with Gasteiger partial charge in [-0.15, -0.1) is 0 Å². The Bertz CT molecular complexity index is 911. The molecule has 0 spiro atoms. The van der Waals surface area contributed by atoms with Crippen LogP contribution in [0.15, 0.2) is 41.2 Å². The van der Waals surface area contributed by atoms with Gasteiger partial charge in [0, 0.05) is 18.0 Å². The summed E-state index contributed by atoms with van der Waals surface area (Å²) in [5.41, 5.74) is 0.653. The Balaban J connectivity index is 1.93.